The summed E-state index contributed by atoms with van der Waals surface area (Å²) in [5.74, 6) is -0.188. The highest BCUT2D eigenvalue weighted by Gasteiger charge is 2.15. The Hall–Kier alpha value is -2.08. The molecule has 1 amide bonds. The Balaban J connectivity index is 1.67. The number of carboxylic acid groups (broad SMARTS) is 1. The van der Waals surface area contributed by atoms with Crippen molar-refractivity contribution in [1.82, 2.24) is 0 Å². The molecule has 0 spiro atoms. The second-order valence-corrected chi connectivity index (χ2v) is 5.62. The lowest BCUT2D eigenvalue weighted by molar-refractivity contribution is -0.137. The molecule has 0 saturated carbocycles. The zero-order chi connectivity index (χ0) is 16.5. The Morgan fingerprint density at radius 1 is 1.22 bits per heavy atom. The summed E-state index contributed by atoms with van der Waals surface area (Å²) in [5.41, 5.74) is 0.706. The van der Waals surface area contributed by atoms with Crippen molar-refractivity contribution in [2.45, 2.75) is 44.6 Å². The zero-order valence-corrected chi connectivity index (χ0v) is 13.1. The molecule has 0 aromatic heterocycles. The van der Waals surface area contributed by atoms with Crippen molar-refractivity contribution in [3.63, 3.8) is 0 Å². The molecule has 0 radical (unpaired) electrons. The average molecular weight is 321 g/mol. The third-order valence-electron chi connectivity index (χ3n) is 3.64. The second-order valence-electron chi connectivity index (χ2n) is 5.62. The van der Waals surface area contributed by atoms with E-state index in [1.165, 1.54) is 0 Å². The summed E-state index contributed by atoms with van der Waals surface area (Å²) in [5, 5.41) is 11.3. The van der Waals surface area contributed by atoms with Gasteiger partial charge >= 0.3 is 5.97 Å². The number of carbonyl (C=O) groups is 2. The molecule has 1 aromatic rings. The van der Waals surface area contributed by atoms with Gasteiger partial charge in [0.15, 0.2) is 0 Å². The summed E-state index contributed by atoms with van der Waals surface area (Å²) in [6, 6.07) is 7.21. The van der Waals surface area contributed by atoms with Crippen LogP contribution in [0.5, 0.6) is 5.75 Å². The molecule has 1 heterocycles. The number of aliphatic carboxylic acids is 1. The van der Waals surface area contributed by atoms with E-state index in [0.717, 1.165) is 25.2 Å². The summed E-state index contributed by atoms with van der Waals surface area (Å²) in [6.45, 7) is 1.36. The number of amides is 1. The molecule has 126 valence electrons. The summed E-state index contributed by atoms with van der Waals surface area (Å²) in [7, 11) is 0. The number of benzene rings is 1. The fourth-order valence-corrected chi connectivity index (χ4v) is 2.38. The van der Waals surface area contributed by atoms with Crippen molar-refractivity contribution in [1.29, 1.82) is 0 Å². The van der Waals surface area contributed by atoms with Crippen molar-refractivity contribution in [3.8, 4) is 5.75 Å². The first kappa shape index (κ1) is 17.3. The number of nitrogens with one attached hydrogen (secondary N) is 1. The summed E-state index contributed by atoms with van der Waals surface area (Å²) >= 11 is 0. The van der Waals surface area contributed by atoms with Gasteiger partial charge in [-0.25, -0.2) is 0 Å². The van der Waals surface area contributed by atoms with E-state index in [9.17, 15) is 9.59 Å². The van der Waals surface area contributed by atoms with Crippen LogP contribution in [0.1, 0.15) is 38.5 Å². The van der Waals surface area contributed by atoms with E-state index >= 15 is 0 Å². The predicted molar refractivity (Wildman–Crippen MR) is 85.6 cm³/mol. The first-order valence-corrected chi connectivity index (χ1v) is 7.99. The van der Waals surface area contributed by atoms with E-state index in [4.69, 9.17) is 14.6 Å². The highest BCUT2D eigenvalue weighted by Crippen LogP contribution is 2.18. The quantitative estimate of drug-likeness (QED) is 0.683. The first-order chi connectivity index (χ1) is 11.1. The Morgan fingerprint density at radius 3 is 2.61 bits per heavy atom. The Labute approximate surface area is 135 Å². The molecule has 1 saturated heterocycles. The van der Waals surface area contributed by atoms with Crippen LogP contribution in [0.2, 0.25) is 0 Å². The van der Waals surface area contributed by atoms with Crippen LogP contribution in [0, 0.1) is 0 Å². The van der Waals surface area contributed by atoms with Gasteiger partial charge in [0.1, 0.15) is 12.4 Å². The third-order valence-corrected chi connectivity index (χ3v) is 3.64. The van der Waals surface area contributed by atoms with E-state index in [0.29, 0.717) is 31.6 Å². The van der Waals surface area contributed by atoms with Gasteiger partial charge in [-0.3, -0.25) is 9.59 Å². The average Bonchev–Trinajstić information content (AvgIpc) is 3.04. The minimum Gasteiger partial charge on any atom is -0.491 e. The van der Waals surface area contributed by atoms with Gasteiger partial charge in [0.25, 0.3) is 0 Å². The number of hydrogen-bond donors (Lipinski definition) is 2. The molecule has 2 rings (SSSR count). The maximum atomic E-state index is 11.7. The number of carbonyl (C=O) groups excluding carboxylic acids is 1. The largest absolute Gasteiger partial charge is 0.491 e. The Kier molecular flexibility index (Phi) is 6.87. The van der Waals surface area contributed by atoms with Crippen LogP contribution in [-0.4, -0.2) is 36.3 Å². The standard InChI is InChI=1S/C17H23NO5/c19-16(5-1-2-6-17(20)21)18-13-7-9-14(10-8-13)23-12-15-4-3-11-22-15/h7-10,15H,1-6,11-12H2,(H,18,19)(H,20,21). The van der Waals surface area contributed by atoms with E-state index in [1.54, 1.807) is 12.1 Å². The Morgan fingerprint density at radius 2 is 1.96 bits per heavy atom. The molecule has 1 unspecified atom stereocenters. The number of carboxylic acids is 1. The van der Waals surface area contributed by atoms with Gasteiger partial charge < -0.3 is 19.9 Å². The van der Waals surface area contributed by atoms with Crippen LogP contribution in [0.25, 0.3) is 0 Å². The van der Waals surface area contributed by atoms with Crippen molar-refractivity contribution in [2.75, 3.05) is 18.5 Å². The molecule has 2 N–H and O–H groups in total. The van der Waals surface area contributed by atoms with Crippen LogP contribution < -0.4 is 10.1 Å². The number of unbranched alkanes of at least 4 members (excludes halogenated alkanes) is 1. The molecule has 0 bridgehead atoms. The molecule has 1 aromatic carbocycles. The van der Waals surface area contributed by atoms with Gasteiger partial charge in [-0.05, 0) is 49.9 Å². The fourth-order valence-electron chi connectivity index (χ4n) is 2.38. The van der Waals surface area contributed by atoms with Gasteiger partial charge in [-0.1, -0.05) is 0 Å². The molecular formula is C17H23NO5. The van der Waals surface area contributed by atoms with Crippen molar-refractivity contribution in [2.24, 2.45) is 0 Å². The van der Waals surface area contributed by atoms with Crippen LogP contribution in [-0.2, 0) is 14.3 Å². The van der Waals surface area contributed by atoms with E-state index < -0.39 is 5.97 Å². The van der Waals surface area contributed by atoms with Crippen LogP contribution in [0.3, 0.4) is 0 Å². The van der Waals surface area contributed by atoms with E-state index in [2.05, 4.69) is 5.32 Å². The predicted octanol–water partition coefficient (Wildman–Crippen LogP) is 2.83. The molecule has 23 heavy (non-hydrogen) atoms. The highest BCUT2D eigenvalue weighted by atomic mass is 16.5. The maximum absolute atomic E-state index is 11.7. The third kappa shape index (κ3) is 6.69. The fraction of sp³-hybridized carbons (Fsp3) is 0.529. The summed E-state index contributed by atoms with van der Waals surface area (Å²) in [4.78, 5) is 22.1. The SMILES string of the molecule is O=C(O)CCCCC(=O)Nc1ccc(OCC2CCCO2)cc1. The molecular weight excluding hydrogens is 298 g/mol. The van der Waals surface area contributed by atoms with Crippen molar-refractivity contribution >= 4 is 17.6 Å². The molecule has 1 atom stereocenters. The highest BCUT2D eigenvalue weighted by molar-refractivity contribution is 5.90. The lowest BCUT2D eigenvalue weighted by atomic mass is 10.2. The smallest absolute Gasteiger partial charge is 0.303 e. The number of hydrogen-bond acceptors (Lipinski definition) is 4. The topological polar surface area (TPSA) is 84.9 Å². The van der Waals surface area contributed by atoms with Crippen molar-refractivity contribution in [3.05, 3.63) is 24.3 Å². The molecule has 6 nitrogen and oxygen atoms in total. The van der Waals surface area contributed by atoms with Gasteiger partial charge in [0.05, 0.1) is 6.10 Å². The minimum absolute atomic E-state index is 0.101. The molecule has 0 aliphatic carbocycles. The van der Waals surface area contributed by atoms with Gasteiger partial charge in [-0.15, -0.1) is 0 Å². The van der Waals surface area contributed by atoms with Crippen LogP contribution in [0.15, 0.2) is 24.3 Å². The molecule has 1 aliphatic rings. The normalized spacial score (nSPS) is 17.0. The summed E-state index contributed by atoms with van der Waals surface area (Å²) < 4.78 is 11.2. The van der Waals surface area contributed by atoms with E-state index in [1.807, 2.05) is 12.1 Å². The van der Waals surface area contributed by atoms with Gasteiger partial charge in [-0.2, -0.15) is 0 Å². The molecule has 1 fully saturated rings. The molecule has 1 aliphatic heterocycles. The second kappa shape index (κ2) is 9.15. The van der Waals surface area contributed by atoms with Gasteiger partial charge in [0, 0.05) is 25.1 Å². The van der Waals surface area contributed by atoms with E-state index in [-0.39, 0.29) is 18.4 Å². The van der Waals surface area contributed by atoms with Crippen LogP contribution >= 0.6 is 0 Å². The van der Waals surface area contributed by atoms with Gasteiger partial charge in [0.2, 0.25) is 5.91 Å². The number of ether oxygens (including phenoxy) is 2. The maximum Gasteiger partial charge on any atom is 0.303 e. The lowest BCUT2D eigenvalue weighted by Crippen LogP contribution is -2.16. The first-order valence-electron chi connectivity index (χ1n) is 7.99. The Bertz CT molecular complexity index is 508. The minimum atomic E-state index is -0.830. The van der Waals surface area contributed by atoms with Crippen LogP contribution in [0.4, 0.5) is 5.69 Å². The zero-order valence-electron chi connectivity index (χ0n) is 13.1. The number of anilines is 1. The molecule has 6 heteroatoms. The summed E-state index contributed by atoms with van der Waals surface area (Å²) in [6.07, 6.45) is 3.82. The lowest BCUT2D eigenvalue weighted by Gasteiger charge is -2.12. The van der Waals surface area contributed by atoms with Crippen molar-refractivity contribution < 1.29 is 24.2 Å². The monoisotopic (exact) mass is 321 g/mol. The number of rotatable bonds is 9.